The van der Waals surface area contributed by atoms with Crippen LogP contribution in [0.1, 0.15) is 11.4 Å². The van der Waals surface area contributed by atoms with E-state index in [1.807, 2.05) is 61.0 Å². The summed E-state index contributed by atoms with van der Waals surface area (Å²) in [6.45, 7) is 2.15. The van der Waals surface area contributed by atoms with Gasteiger partial charge in [0.1, 0.15) is 17.4 Å². The van der Waals surface area contributed by atoms with Gasteiger partial charge in [0.25, 0.3) is 0 Å². The molecule has 5 nitrogen and oxygen atoms in total. The molecule has 0 atom stereocenters. The quantitative estimate of drug-likeness (QED) is 0.722. The molecule has 1 aromatic heterocycles. The Kier molecular flexibility index (Phi) is 3.54. The number of imidazole rings is 1. The number of aliphatic hydroxyl groups excluding tert-OH is 1. The van der Waals surface area contributed by atoms with E-state index >= 15 is 0 Å². The maximum absolute atomic E-state index is 10.6. The molecule has 0 aliphatic carbocycles. The summed E-state index contributed by atoms with van der Waals surface area (Å²) in [7, 11) is 1.89. The fraction of sp³-hybridized carbons (Fsp3) is 0.158. The van der Waals surface area contributed by atoms with E-state index in [9.17, 15) is 5.11 Å². The number of fused-ring (bicyclic) bond motifs is 1. The lowest BCUT2D eigenvalue weighted by molar-refractivity contribution is 0.411. The van der Waals surface area contributed by atoms with Crippen LogP contribution in [0.15, 0.2) is 48.2 Å². The Bertz CT molecular complexity index is 1050. The zero-order valence-electron chi connectivity index (χ0n) is 13.9. The number of halogens is 1. The highest BCUT2D eigenvalue weighted by Crippen LogP contribution is 2.35. The first kappa shape index (κ1) is 15.7. The van der Waals surface area contributed by atoms with Gasteiger partial charge in [-0.05, 0) is 36.8 Å². The van der Waals surface area contributed by atoms with E-state index in [0.29, 0.717) is 16.4 Å². The van der Waals surface area contributed by atoms with Crippen molar-refractivity contribution in [2.75, 3.05) is 11.4 Å². The summed E-state index contributed by atoms with van der Waals surface area (Å²) in [4.78, 5) is 6.37. The summed E-state index contributed by atoms with van der Waals surface area (Å²) in [6.07, 6.45) is 0. The number of anilines is 1. The molecule has 0 unspecified atom stereocenters. The number of hydrogen-bond acceptors (Lipinski definition) is 3. The Labute approximate surface area is 150 Å². The second-order valence-electron chi connectivity index (χ2n) is 6.12. The highest BCUT2D eigenvalue weighted by molar-refractivity contribution is 6.33. The first-order valence-corrected chi connectivity index (χ1v) is 8.32. The SMILES string of the molecule is Cc1c(Cl)cccc1N1CC(O)=C(c2nc3ccccc3n2C)C1=N. The highest BCUT2D eigenvalue weighted by atomic mass is 35.5. The van der Waals surface area contributed by atoms with Crippen molar-refractivity contribution in [2.24, 2.45) is 7.05 Å². The van der Waals surface area contributed by atoms with Crippen LogP contribution in [0, 0.1) is 12.3 Å². The van der Waals surface area contributed by atoms with Crippen LogP contribution in [0.3, 0.4) is 0 Å². The number of hydrogen-bond donors (Lipinski definition) is 2. The summed E-state index contributed by atoms with van der Waals surface area (Å²) in [5.74, 6) is 0.954. The van der Waals surface area contributed by atoms with Crippen molar-refractivity contribution in [3.63, 3.8) is 0 Å². The fourth-order valence-corrected chi connectivity index (χ4v) is 3.45. The predicted molar refractivity (Wildman–Crippen MR) is 102 cm³/mol. The standard InChI is InChI=1S/C19H17ClN4O/c1-11-12(20)6-5-9-14(11)24-10-16(25)17(18(24)21)19-22-13-7-3-4-8-15(13)23(19)2/h3-9,21,25H,10H2,1-2H3. The summed E-state index contributed by atoms with van der Waals surface area (Å²) in [5.41, 5.74) is 3.96. The Morgan fingerprint density at radius 2 is 1.92 bits per heavy atom. The van der Waals surface area contributed by atoms with Gasteiger partial charge >= 0.3 is 0 Å². The van der Waals surface area contributed by atoms with Gasteiger partial charge in [0.2, 0.25) is 0 Å². The van der Waals surface area contributed by atoms with E-state index in [1.54, 1.807) is 4.90 Å². The molecule has 0 saturated carbocycles. The summed E-state index contributed by atoms with van der Waals surface area (Å²) < 4.78 is 1.91. The number of rotatable bonds is 2. The zero-order valence-corrected chi connectivity index (χ0v) is 14.7. The smallest absolute Gasteiger partial charge is 0.148 e. The largest absolute Gasteiger partial charge is 0.509 e. The molecule has 2 aromatic carbocycles. The first-order valence-electron chi connectivity index (χ1n) is 7.94. The van der Waals surface area contributed by atoms with Gasteiger partial charge in [0.05, 0.1) is 23.2 Å². The van der Waals surface area contributed by atoms with Gasteiger partial charge in [-0.1, -0.05) is 29.8 Å². The van der Waals surface area contributed by atoms with Crippen LogP contribution in [0.4, 0.5) is 5.69 Å². The van der Waals surface area contributed by atoms with Crippen LogP contribution in [-0.2, 0) is 7.05 Å². The summed E-state index contributed by atoms with van der Waals surface area (Å²) in [6, 6.07) is 13.3. The lowest BCUT2D eigenvalue weighted by atomic mass is 10.1. The average molecular weight is 353 g/mol. The number of nitrogens with zero attached hydrogens (tertiary/aromatic N) is 3. The highest BCUT2D eigenvalue weighted by Gasteiger charge is 2.33. The third-order valence-corrected chi connectivity index (χ3v) is 5.05. The molecular weight excluding hydrogens is 336 g/mol. The molecule has 126 valence electrons. The molecule has 0 bridgehead atoms. The molecule has 0 amide bonds. The predicted octanol–water partition coefficient (Wildman–Crippen LogP) is 4.30. The third kappa shape index (κ3) is 2.31. The zero-order chi connectivity index (χ0) is 17.7. The first-order chi connectivity index (χ1) is 12.0. The summed E-state index contributed by atoms with van der Waals surface area (Å²) >= 11 is 6.22. The molecule has 2 N–H and O–H groups in total. The van der Waals surface area contributed by atoms with Gasteiger partial charge in [-0.3, -0.25) is 5.41 Å². The van der Waals surface area contributed by atoms with Crippen molar-refractivity contribution in [3.8, 4) is 0 Å². The minimum atomic E-state index is 0.141. The van der Waals surface area contributed by atoms with Crippen LogP contribution in [0.25, 0.3) is 16.6 Å². The van der Waals surface area contributed by atoms with E-state index < -0.39 is 0 Å². The fourth-order valence-electron chi connectivity index (χ4n) is 3.28. The van der Waals surface area contributed by atoms with Crippen LogP contribution in [0.2, 0.25) is 5.02 Å². The van der Waals surface area contributed by atoms with Gasteiger partial charge in [0, 0.05) is 17.8 Å². The molecule has 1 aliphatic rings. The molecule has 0 fully saturated rings. The van der Waals surface area contributed by atoms with Gasteiger partial charge in [-0.2, -0.15) is 0 Å². The Balaban J connectivity index is 1.81. The Hall–Kier alpha value is -2.79. The molecule has 25 heavy (non-hydrogen) atoms. The van der Waals surface area contributed by atoms with Gasteiger partial charge in [-0.25, -0.2) is 4.98 Å². The Morgan fingerprint density at radius 3 is 2.68 bits per heavy atom. The van der Waals surface area contributed by atoms with E-state index in [1.165, 1.54) is 0 Å². The monoisotopic (exact) mass is 352 g/mol. The molecule has 6 heteroatoms. The minimum Gasteiger partial charge on any atom is -0.509 e. The van der Waals surface area contributed by atoms with E-state index in [-0.39, 0.29) is 18.1 Å². The molecule has 0 saturated heterocycles. The van der Waals surface area contributed by atoms with Crippen molar-refractivity contribution in [2.45, 2.75) is 6.92 Å². The summed E-state index contributed by atoms with van der Waals surface area (Å²) in [5, 5.41) is 19.8. The van der Waals surface area contributed by atoms with E-state index in [0.717, 1.165) is 22.3 Å². The van der Waals surface area contributed by atoms with Crippen LogP contribution >= 0.6 is 11.6 Å². The Morgan fingerprint density at radius 1 is 1.16 bits per heavy atom. The molecule has 2 heterocycles. The topological polar surface area (TPSA) is 65.1 Å². The molecular formula is C19H17ClN4O. The third-order valence-electron chi connectivity index (χ3n) is 4.64. The second kappa shape index (κ2) is 5.63. The number of nitrogens with one attached hydrogen (secondary N) is 1. The molecule has 0 spiro atoms. The second-order valence-corrected chi connectivity index (χ2v) is 6.53. The molecule has 4 rings (SSSR count). The molecule has 0 radical (unpaired) electrons. The normalized spacial score (nSPS) is 14.8. The van der Waals surface area contributed by atoms with E-state index in [4.69, 9.17) is 17.0 Å². The maximum Gasteiger partial charge on any atom is 0.148 e. The lowest BCUT2D eigenvalue weighted by Gasteiger charge is -2.21. The maximum atomic E-state index is 10.6. The van der Waals surface area contributed by atoms with E-state index in [2.05, 4.69) is 4.98 Å². The van der Waals surface area contributed by atoms with Crippen LogP contribution < -0.4 is 4.90 Å². The number of amidine groups is 1. The van der Waals surface area contributed by atoms with Gasteiger partial charge < -0.3 is 14.6 Å². The van der Waals surface area contributed by atoms with Crippen molar-refractivity contribution in [1.29, 1.82) is 5.41 Å². The van der Waals surface area contributed by atoms with Crippen molar-refractivity contribution in [1.82, 2.24) is 9.55 Å². The molecule has 1 aliphatic heterocycles. The number of aryl methyl sites for hydroxylation is 1. The minimum absolute atomic E-state index is 0.141. The average Bonchev–Trinajstić information content (AvgIpc) is 3.07. The number of aromatic nitrogens is 2. The van der Waals surface area contributed by atoms with Crippen molar-refractivity contribution < 1.29 is 5.11 Å². The van der Waals surface area contributed by atoms with Gasteiger partial charge in [-0.15, -0.1) is 0 Å². The van der Waals surface area contributed by atoms with Gasteiger partial charge in [0.15, 0.2) is 0 Å². The van der Waals surface area contributed by atoms with Crippen LogP contribution in [0.5, 0.6) is 0 Å². The lowest BCUT2D eigenvalue weighted by Crippen LogP contribution is -2.27. The number of para-hydroxylation sites is 2. The van der Waals surface area contributed by atoms with Crippen molar-refractivity contribution >= 4 is 39.7 Å². The molecule has 3 aromatic rings. The van der Waals surface area contributed by atoms with Crippen molar-refractivity contribution in [3.05, 3.63) is 64.6 Å². The number of aliphatic hydroxyl groups is 1. The number of benzene rings is 2. The van der Waals surface area contributed by atoms with Crippen LogP contribution in [-0.4, -0.2) is 27.0 Å².